The SMILES string of the molecule is CCCCCCCC(S)CCCCCS. The van der Waals surface area contributed by atoms with Gasteiger partial charge in [-0.1, -0.05) is 51.9 Å². The van der Waals surface area contributed by atoms with E-state index in [2.05, 4.69) is 32.2 Å². The van der Waals surface area contributed by atoms with Crippen LogP contribution in [0.3, 0.4) is 0 Å². The van der Waals surface area contributed by atoms with Crippen molar-refractivity contribution in [2.24, 2.45) is 0 Å². The average Bonchev–Trinajstić information content (AvgIpc) is 2.24. The standard InChI is InChI=1S/C13H28S2/c1-2-3-4-5-7-10-13(15)11-8-6-9-12-14/h13-15H,2-12H2,1H3. The molecule has 1 unspecified atom stereocenters. The Bertz CT molecular complexity index is 115. The highest BCUT2D eigenvalue weighted by atomic mass is 32.1. The molecule has 15 heavy (non-hydrogen) atoms. The molecule has 0 heterocycles. The fraction of sp³-hybridized carbons (Fsp3) is 1.00. The van der Waals surface area contributed by atoms with Gasteiger partial charge in [0.25, 0.3) is 0 Å². The second kappa shape index (κ2) is 12.8. The largest absolute Gasteiger partial charge is 0.179 e. The summed E-state index contributed by atoms with van der Waals surface area (Å²) in [5.41, 5.74) is 0. The molecular weight excluding hydrogens is 220 g/mol. The summed E-state index contributed by atoms with van der Waals surface area (Å²) in [5, 5.41) is 0.645. The minimum Gasteiger partial charge on any atom is -0.179 e. The lowest BCUT2D eigenvalue weighted by molar-refractivity contribution is 0.566. The Balaban J connectivity index is 3.08. The topological polar surface area (TPSA) is 0 Å². The van der Waals surface area contributed by atoms with Crippen LogP contribution in [0.4, 0.5) is 0 Å². The minimum absolute atomic E-state index is 0.645. The van der Waals surface area contributed by atoms with Gasteiger partial charge in [-0.3, -0.25) is 0 Å². The van der Waals surface area contributed by atoms with Gasteiger partial charge in [-0.05, 0) is 25.0 Å². The summed E-state index contributed by atoms with van der Waals surface area (Å²) in [6.45, 7) is 2.27. The first-order chi connectivity index (χ1) is 7.31. The molecule has 0 N–H and O–H groups in total. The van der Waals surface area contributed by atoms with Crippen molar-refractivity contribution >= 4 is 25.3 Å². The summed E-state index contributed by atoms with van der Waals surface area (Å²) in [5.74, 6) is 1.04. The third kappa shape index (κ3) is 12.6. The van der Waals surface area contributed by atoms with Crippen molar-refractivity contribution in [3.8, 4) is 0 Å². The van der Waals surface area contributed by atoms with Crippen LogP contribution in [-0.4, -0.2) is 11.0 Å². The van der Waals surface area contributed by atoms with Crippen molar-refractivity contribution < 1.29 is 0 Å². The van der Waals surface area contributed by atoms with Gasteiger partial charge >= 0.3 is 0 Å². The van der Waals surface area contributed by atoms with Gasteiger partial charge in [0.2, 0.25) is 0 Å². The fourth-order valence-corrected chi connectivity index (χ4v) is 2.39. The second-order valence-corrected chi connectivity index (χ2v) is 5.61. The highest BCUT2D eigenvalue weighted by molar-refractivity contribution is 7.81. The van der Waals surface area contributed by atoms with Crippen molar-refractivity contribution in [2.45, 2.75) is 76.4 Å². The Labute approximate surface area is 107 Å². The van der Waals surface area contributed by atoms with Crippen LogP contribution in [0.1, 0.15) is 71.1 Å². The van der Waals surface area contributed by atoms with Crippen LogP contribution in [0, 0.1) is 0 Å². The zero-order valence-electron chi connectivity index (χ0n) is 10.2. The Hall–Kier alpha value is 0.700. The highest BCUT2D eigenvalue weighted by Crippen LogP contribution is 2.16. The second-order valence-electron chi connectivity index (χ2n) is 4.43. The predicted molar refractivity (Wildman–Crippen MR) is 78.5 cm³/mol. The molecule has 2 heteroatoms. The molecule has 0 aromatic carbocycles. The minimum atomic E-state index is 0.645. The Morgan fingerprint density at radius 3 is 1.87 bits per heavy atom. The van der Waals surface area contributed by atoms with E-state index in [-0.39, 0.29) is 0 Å². The molecule has 0 saturated carbocycles. The maximum atomic E-state index is 4.64. The van der Waals surface area contributed by atoms with Crippen LogP contribution >= 0.6 is 25.3 Å². The van der Waals surface area contributed by atoms with Crippen molar-refractivity contribution in [3.05, 3.63) is 0 Å². The van der Waals surface area contributed by atoms with E-state index in [0.29, 0.717) is 5.25 Å². The van der Waals surface area contributed by atoms with Gasteiger partial charge in [-0.25, -0.2) is 0 Å². The van der Waals surface area contributed by atoms with Crippen molar-refractivity contribution in [1.29, 1.82) is 0 Å². The monoisotopic (exact) mass is 248 g/mol. The van der Waals surface area contributed by atoms with Crippen LogP contribution in [0.15, 0.2) is 0 Å². The zero-order valence-corrected chi connectivity index (χ0v) is 12.0. The van der Waals surface area contributed by atoms with Crippen molar-refractivity contribution in [1.82, 2.24) is 0 Å². The molecule has 0 rings (SSSR count). The first kappa shape index (κ1) is 15.7. The number of hydrogen-bond donors (Lipinski definition) is 2. The third-order valence-corrected chi connectivity index (χ3v) is 3.67. The molecule has 0 radical (unpaired) electrons. The quantitative estimate of drug-likeness (QED) is 0.367. The van der Waals surface area contributed by atoms with Crippen LogP contribution in [0.2, 0.25) is 0 Å². The van der Waals surface area contributed by atoms with Gasteiger partial charge in [0, 0.05) is 5.25 Å². The molecule has 0 spiro atoms. The van der Waals surface area contributed by atoms with Crippen LogP contribution in [0.25, 0.3) is 0 Å². The average molecular weight is 249 g/mol. The Morgan fingerprint density at radius 2 is 1.33 bits per heavy atom. The van der Waals surface area contributed by atoms with E-state index in [1.54, 1.807) is 0 Å². The van der Waals surface area contributed by atoms with Gasteiger partial charge in [0.05, 0.1) is 0 Å². The lowest BCUT2D eigenvalue weighted by atomic mass is 10.1. The van der Waals surface area contributed by atoms with E-state index in [4.69, 9.17) is 0 Å². The molecule has 0 amide bonds. The summed E-state index contributed by atoms with van der Waals surface area (Å²) in [6, 6.07) is 0. The van der Waals surface area contributed by atoms with Gasteiger partial charge in [-0.15, -0.1) is 0 Å². The summed E-state index contributed by atoms with van der Waals surface area (Å²) in [4.78, 5) is 0. The van der Waals surface area contributed by atoms with E-state index in [1.165, 1.54) is 64.2 Å². The van der Waals surface area contributed by atoms with Gasteiger partial charge in [0.1, 0.15) is 0 Å². The van der Waals surface area contributed by atoms with Crippen molar-refractivity contribution in [3.63, 3.8) is 0 Å². The molecule has 0 aliphatic heterocycles. The molecule has 1 atom stereocenters. The molecular formula is C13H28S2. The molecule has 0 fully saturated rings. The van der Waals surface area contributed by atoms with Gasteiger partial charge < -0.3 is 0 Å². The fourth-order valence-electron chi connectivity index (χ4n) is 1.80. The highest BCUT2D eigenvalue weighted by Gasteiger charge is 2.02. The first-order valence-corrected chi connectivity index (χ1v) is 7.75. The molecule has 0 aliphatic rings. The molecule has 0 saturated heterocycles. The molecule has 92 valence electrons. The number of hydrogen-bond acceptors (Lipinski definition) is 2. The van der Waals surface area contributed by atoms with E-state index < -0.39 is 0 Å². The van der Waals surface area contributed by atoms with Gasteiger partial charge in [0.15, 0.2) is 0 Å². The summed E-state index contributed by atoms with van der Waals surface area (Å²) < 4.78 is 0. The summed E-state index contributed by atoms with van der Waals surface area (Å²) in [6.07, 6.45) is 13.5. The van der Waals surface area contributed by atoms with Crippen molar-refractivity contribution in [2.75, 3.05) is 5.75 Å². The number of unbranched alkanes of at least 4 members (excludes halogenated alkanes) is 6. The van der Waals surface area contributed by atoms with Gasteiger partial charge in [-0.2, -0.15) is 25.3 Å². The van der Waals surface area contributed by atoms with E-state index >= 15 is 0 Å². The third-order valence-electron chi connectivity index (χ3n) is 2.84. The smallest absolute Gasteiger partial charge is 0.00168 e. The molecule has 0 aliphatic carbocycles. The predicted octanol–water partition coefficient (Wildman–Crippen LogP) is 5.14. The van der Waals surface area contributed by atoms with E-state index in [0.717, 1.165) is 5.75 Å². The lowest BCUT2D eigenvalue weighted by Crippen LogP contribution is -1.98. The Kier molecular flexibility index (Phi) is 13.4. The van der Waals surface area contributed by atoms with E-state index in [9.17, 15) is 0 Å². The first-order valence-electron chi connectivity index (χ1n) is 6.60. The number of thiol groups is 2. The summed E-state index contributed by atoms with van der Waals surface area (Å²) in [7, 11) is 0. The molecule has 0 bridgehead atoms. The normalized spacial score (nSPS) is 13.0. The Morgan fingerprint density at radius 1 is 0.800 bits per heavy atom. The summed E-state index contributed by atoms with van der Waals surface area (Å²) >= 11 is 8.85. The zero-order chi connectivity index (χ0) is 11.4. The molecule has 0 aromatic heterocycles. The van der Waals surface area contributed by atoms with Crippen LogP contribution in [0.5, 0.6) is 0 Å². The molecule has 0 aromatic rings. The maximum Gasteiger partial charge on any atom is 0.00168 e. The maximum absolute atomic E-state index is 4.64. The number of rotatable bonds is 11. The lowest BCUT2D eigenvalue weighted by Gasteiger charge is -2.09. The van der Waals surface area contributed by atoms with Crippen LogP contribution in [-0.2, 0) is 0 Å². The molecule has 0 nitrogen and oxygen atoms in total. The van der Waals surface area contributed by atoms with Crippen LogP contribution < -0.4 is 0 Å². The van der Waals surface area contributed by atoms with E-state index in [1.807, 2.05) is 0 Å².